The summed E-state index contributed by atoms with van der Waals surface area (Å²) in [5.74, 6) is -0.284. The maximum Gasteiger partial charge on any atom is 0.125 e. The van der Waals surface area contributed by atoms with Gasteiger partial charge in [-0.05, 0) is 43.9 Å². The Morgan fingerprint density at radius 3 is 2.62 bits per heavy atom. The third kappa shape index (κ3) is 4.73. The molecule has 0 amide bonds. The van der Waals surface area contributed by atoms with Gasteiger partial charge in [-0.3, -0.25) is 0 Å². The van der Waals surface area contributed by atoms with Crippen LogP contribution in [0.2, 0.25) is 5.02 Å². The summed E-state index contributed by atoms with van der Waals surface area (Å²) in [5, 5.41) is 3.75. The van der Waals surface area contributed by atoms with E-state index < -0.39 is 0 Å². The predicted molar refractivity (Wildman–Crippen MR) is 70.7 cm³/mol. The first-order valence-corrected chi connectivity index (χ1v) is 6.74. The molecule has 0 fully saturated rings. The van der Waals surface area contributed by atoms with E-state index in [4.69, 9.17) is 11.6 Å². The lowest BCUT2D eigenvalue weighted by atomic mass is 10.2. The number of halogens is 2. The van der Waals surface area contributed by atoms with Gasteiger partial charge in [0.2, 0.25) is 0 Å². The van der Waals surface area contributed by atoms with Gasteiger partial charge in [0.05, 0.1) is 0 Å². The van der Waals surface area contributed by atoms with Gasteiger partial charge in [0.15, 0.2) is 0 Å². The second kappa shape index (κ2) is 5.89. The highest BCUT2D eigenvalue weighted by Gasteiger charge is 2.14. The predicted octanol–water partition coefficient (Wildman–Crippen LogP) is 3.71. The molecule has 0 saturated carbocycles. The van der Waals surface area contributed by atoms with Gasteiger partial charge >= 0.3 is 0 Å². The van der Waals surface area contributed by atoms with Gasteiger partial charge in [-0.15, -0.1) is 0 Å². The molecule has 0 radical (unpaired) electrons. The molecule has 0 aromatic heterocycles. The summed E-state index contributed by atoms with van der Waals surface area (Å²) in [6.45, 7) is 5.86. The van der Waals surface area contributed by atoms with Crippen molar-refractivity contribution >= 4 is 23.4 Å². The van der Waals surface area contributed by atoms with Gasteiger partial charge < -0.3 is 5.32 Å². The van der Waals surface area contributed by atoms with Crippen LogP contribution in [-0.4, -0.2) is 17.5 Å². The van der Waals surface area contributed by atoms with Crippen LogP contribution in [0, 0.1) is 5.82 Å². The number of benzene rings is 1. The minimum absolute atomic E-state index is 0.192. The highest BCUT2D eigenvalue weighted by Crippen LogP contribution is 2.20. The van der Waals surface area contributed by atoms with Crippen LogP contribution in [0.15, 0.2) is 18.2 Å². The van der Waals surface area contributed by atoms with Gasteiger partial charge in [-0.2, -0.15) is 11.8 Å². The molecule has 0 unspecified atom stereocenters. The number of hydrogen-bond acceptors (Lipinski definition) is 2. The van der Waals surface area contributed by atoms with E-state index in [2.05, 4.69) is 25.4 Å². The zero-order valence-electron chi connectivity index (χ0n) is 9.81. The molecule has 0 aliphatic heterocycles. The van der Waals surface area contributed by atoms with Crippen LogP contribution < -0.4 is 5.32 Å². The third-order valence-electron chi connectivity index (χ3n) is 2.35. The topological polar surface area (TPSA) is 12.0 Å². The average Bonchev–Trinajstić information content (AvgIpc) is 2.16. The zero-order chi connectivity index (χ0) is 12.2. The minimum Gasteiger partial charge on any atom is -0.311 e. The van der Waals surface area contributed by atoms with Crippen LogP contribution in [0.4, 0.5) is 4.39 Å². The van der Waals surface area contributed by atoms with Crippen molar-refractivity contribution in [3.8, 4) is 0 Å². The molecular formula is C12H17ClFNS. The summed E-state index contributed by atoms with van der Waals surface area (Å²) in [4.78, 5) is 0. The average molecular weight is 262 g/mol. The Labute approximate surface area is 106 Å². The summed E-state index contributed by atoms with van der Waals surface area (Å²) in [5.41, 5.74) is 0.877. The van der Waals surface area contributed by atoms with Gasteiger partial charge in [0, 0.05) is 22.9 Å². The fourth-order valence-electron chi connectivity index (χ4n) is 1.29. The van der Waals surface area contributed by atoms with Crippen molar-refractivity contribution in [1.29, 1.82) is 0 Å². The second-order valence-corrected chi connectivity index (χ2v) is 6.29. The van der Waals surface area contributed by atoms with Gasteiger partial charge in [0.1, 0.15) is 5.82 Å². The van der Waals surface area contributed by atoms with Crippen LogP contribution in [0.25, 0.3) is 0 Å². The lowest BCUT2D eigenvalue weighted by Crippen LogP contribution is -2.31. The van der Waals surface area contributed by atoms with E-state index in [1.807, 2.05) is 0 Å². The smallest absolute Gasteiger partial charge is 0.125 e. The normalized spacial score (nSPS) is 11.8. The maximum absolute atomic E-state index is 13.0. The van der Waals surface area contributed by atoms with Gasteiger partial charge in [0.25, 0.3) is 0 Å². The van der Waals surface area contributed by atoms with E-state index in [-0.39, 0.29) is 10.6 Å². The van der Waals surface area contributed by atoms with Crippen molar-refractivity contribution in [2.45, 2.75) is 25.1 Å². The maximum atomic E-state index is 13.0. The Kier molecular flexibility index (Phi) is 5.09. The molecule has 1 aromatic rings. The van der Waals surface area contributed by atoms with Gasteiger partial charge in [-0.25, -0.2) is 4.39 Å². The molecule has 90 valence electrons. The van der Waals surface area contributed by atoms with Crippen LogP contribution in [-0.2, 0) is 6.54 Å². The lowest BCUT2D eigenvalue weighted by Gasteiger charge is -2.22. The van der Waals surface area contributed by atoms with Crippen LogP contribution in [0.5, 0.6) is 0 Å². The Bertz CT molecular complexity index is 335. The second-order valence-electron chi connectivity index (χ2n) is 4.35. The van der Waals surface area contributed by atoms with Crippen LogP contribution in [0.3, 0.4) is 0 Å². The molecule has 0 saturated heterocycles. The summed E-state index contributed by atoms with van der Waals surface area (Å²) in [6.07, 6.45) is 2.08. The third-order valence-corrected chi connectivity index (χ3v) is 3.82. The standard InChI is InChI=1S/C12H17ClFNS/c1-12(2,16-3)8-15-7-9-4-10(13)6-11(14)5-9/h4-6,15H,7-8H2,1-3H3. The van der Waals surface area contributed by atoms with Crippen molar-refractivity contribution in [1.82, 2.24) is 5.32 Å². The van der Waals surface area contributed by atoms with Crippen molar-refractivity contribution in [2.75, 3.05) is 12.8 Å². The highest BCUT2D eigenvalue weighted by molar-refractivity contribution is 7.99. The van der Waals surface area contributed by atoms with E-state index in [9.17, 15) is 4.39 Å². The number of rotatable bonds is 5. The molecule has 0 heterocycles. The monoisotopic (exact) mass is 261 g/mol. The van der Waals surface area contributed by atoms with Crippen molar-refractivity contribution < 1.29 is 4.39 Å². The molecule has 0 spiro atoms. The minimum atomic E-state index is -0.284. The van der Waals surface area contributed by atoms with Crippen molar-refractivity contribution in [2.24, 2.45) is 0 Å². The first kappa shape index (κ1) is 13.8. The molecule has 0 atom stereocenters. The fourth-order valence-corrected chi connectivity index (χ4v) is 1.78. The van der Waals surface area contributed by atoms with E-state index >= 15 is 0 Å². The molecule has 0 aliphatic rings. The summed E-state index contributed by atoms with van der Waals surface area (Å²) in [6, 6.07) is 4.60. The van der Waals surface area contributed by atoms with E-state index in [0.717, 1.165) is 12.1 Å². The Hall–Kier alpha value is -0.250. The fraction of sp³-hybridized carbons (Fsp3) is 0.500. The van der Waals surface area contributed by atoms with Crippen LogP contribution in [0.1, 0.15) is 19.4 Å². The SMILES string of the molecule is CSC(C)(C)CNCc1cc(F)cc(Cl)c1. The van der Waals surface area contributed by atoms with Gasteiger partial charge in [-0.1, -0.05) is 11.6 Å². The number of nitrogens with one attached hydrogen (secondary N) is 1. The first-order chi connectivity index (χ1) is 7.43. The molecule has 4 heteroatoms. The molecule has 16 heavy (non-hydrogen) atoms. The molecule has 0 aliphatic carbocycles. The molecule has 1 nitrogen and oxygen atoms in total. The summed E-state index contributed by atoms with van der Waals surface area (Å²) >= 11 is 7.58. The quantitative estimate of drug-likeness (QED) is 0.867. The summed E-state index contributed by atoms with van der Waals surface area (Å²) in [7, 11) is 0. The van der Waals surface area contributed by atoms with Crippen molar-refractivity contribution in [3.05, 3.63) is 34.6 Å². The molecular weight excluding hydrogens is 245 g/mol. The molecule has 1 N–H and O–H groups in total. The zero-order valence-corrected chi connectivity index (χ0v) is 11.4. The van der Waals surface area contributed by atoms with E-state index in [1.54, 1.807) is 17.8 Å². The van der Waals surface area contributed by atoms with Crippen molar-refractivity contribution in [3.63, 3.8) is 0 Å². The summed E-state index contributed by atoms with van der Waals surface area (Å²) < 4.78 is 13.2. The largest absolute Gasteiger partial charge is 0.311 e. The number of hydrogen-bond donors (Lipinski definition) is 1. The Morgan fingerprint density at radius 1 is 1.38 bits per heavy atom. The Morgan fingerprint density at radius 2 is 2.06 bits per heavy atom. The van der Waals surface area contributed by atoms with E-state index in [1.165, 1.54) is 12.1 Å². The molecule has 1 aromatic carbocycles. The first-order valence-electron chi connectivity index (χ1n) is 5.14. The van der Waals surface area contributed by atoms with Crippen LogP contribution >= 0.6 is 23.4 Å². The molecule has 1 rings (SSSR count). The van der Waals surface area contributed by atoms with E-state index in [0.29, 0.717) is 11.6 Å². The number of thioether (sulfide) groups is 1. The lowest BCUT2D eigenvalue weighted by molar-refractivity contribution is 0.585. The Balaban J connectivity index is 2.49. The highest BCUT2D eigenvalue weighted by atomic mass is 35.5. The molecule has 0 bridgehead atoms.